The average Bonchev–Trinajstić information content (AvgIpc) is 2.80. The van der Waals surface area contributed by atoms with Gasteiger partial charge in [-0.3, -0.25) is 9.69 Å². The van der Waals surface area contributed by atoms with Crippen LogP contribution in [0.5, 0.6) is 0 Å². The smallest absolute Gasteiger partial charge is 0.256 e. The average molecular weight is 314 g/mol. The second-order valence-corrected chi connectivity index (χ2v) is 7.59. The topological polar surface area (TPSA) is 56.3 Å². The summed E-state index contributed by atoms with van der Waals surface area (Å²) in [5.41, 5.74) is 2.34. The number of rotatable bonds is 4. The molecule has 0 radical (unpaired) electrons. The predicted octanol–water partition coefficient (Wildman–Crippen LogP) is 2.47. The van der Waals surface area contributed by atoms with Gasteiger partial charge in [0, 0.05) is 36.6 Å². The second-order valence-electron chi connectivity index (χ2n) is 7.59. The quantitative estimate of drug-likeness (QED) is 0.911. The molecule has 23 heavy (non-hydrogen) atoms. The lowest BCUT2D eigenvalue weighted by atomic mass is 9.91. The Bertz CT molecular complexity index is 764. The highest BCUT2D eigenvalue weighted by molar-refractivity contribution is 5.84. The van der Waals surface area contributed by atoms with Crippen molar-refractivity contribution in [3.8, 4) is 0 Å². The molecule has 0 spiro atoms. The second kappa shape index (κ2) is 6.10. The van der Waals surface area contributed by atoms with Crippen LogP contribution in [0.3, 0.4) is 0 Å². The fraction of sp³-hybridized carbons (Fsp3) is 0.526. The number of aromatic amines is 1. The zero-order valence-corrected chi connectivity index (χ0v) is 14.2. The Balaban J connectivity index is 1.80. The molecule has 4 nitrogen and oxygen atoms in total. The molecule has 1 saturated heterocycles. The maximum Gasteiger partial charge on any atom is 0.256 e. The number of hydrogen-bond donors (Lipinski definition) is 2. The number of fused-ring (bicyclic) bond motifs is 1. The van der Waals surface area contributed by atoms with E-state index in [2.05, 4.69) is 29.8 Å². The summed E-state index contributed by atoms with van der Waals surface area (Å²) in [4.78, 5) is 17.6. The third-order valence-corrected chi connectivity index (χ3v) is 4.98. The molecule has 2 N–H and O–H groups in total. The first-order chi connectivity index (χ1) is 10.9. The molecule has 1 aliphatic heterocycles. The van der Waals surface area contributed by atoms with Crippen molar-refractivity contribution in [2.75, 3.05) is 19.7 Å². The fourth-order valence-electron chi connectivity index (χ4n) is 3.84. The monoisotopic (exact) mass is 314 g/mol. The van der Waals surface area contributed by atoms with E-state index in [0.29, 0.717) is 0 Å². The number of pyridine rings is 1. The maximum atomic E-state index is 12.3. The number of aryl methyl sites for hydroxylation is 1. The van der Waals surface area contributed by atoms with Crippen LogP contribution in [0.1, 0.15) is 31.5 Å². The molecule has 1 aliphatic rings. The molecule has 1 unspecified atom stereocenters. The van der Waals surface area contributed by atoms with Crippen LogP contribution in [-0.2, 0) is 6.42 Å². The van der Waals surface area contributed by atoms with Crippen LogP contribution in [0.2, 0.25) is 0 Å². The highest BCUT2D eigenvalue weighted by Gasteiger charge is 2.36. The van der Waals surface area contributed by atoms with Gasteiger partial charge in [0.1, 0.15) is 0 Å². The van der Waals surface area contributed by atoms with E-state index < -0.39 is 0 Å². The van der Waals surface area contributed by atoms with E-state index in [1.54, 1.807) is 0 Å². The SMILES string of the molecule is Cc1cccc2c(=O)[nH]c(CCN3CC(C)(C)CC3CO)cc12. The summed E-state index contributed by atoms with van der Waals surface area (Å²) in [6.07, 6.45) is 1.82. The van der Waals surface area contributed by atoms with Crippen molar-refractivity contribution < 1.29 is 5.11 Å². The number of hydrogen-bond acceptors (Lipinski definition) is 3. The van der Waals surface area contributed by atoms with Crippen molar-refractivity contribution in [3.05, 3.63) is 45.9 Å². The lowest BCUT2D eigenvalue weighted by molar-refractivity contribution is 0.159. The zero-order chi connectivity index (χ0) is 16.6. The van der Waals surface area contributed by atoms with Crippen molar-refractivity contribution in [2.45, 2.75) is 39.7 Å². The maximum absolute atomic E-state index is 12.3. The zero-order valence-electron chi connectivity index (χ0n) is 14.2. The summed E-state index contributed by atoms with van der Waals surface area (Å²) >= 11 is 0. The number of benzene rings is 1. The summed E-state index contributed by atoms with van der Waals surface area (Å²) < 4.78 is 0. The first kappa shape index (κ1) is 16.2. The fourth-order valence-corrected chi connectivity index (χ4v) is 3.84. The standard InChI is InChI=1S/C19H26N2O2/c1-13-5-4-6-16-17(13)9-14(20-18(16)23)7-8-21-12-19(2,3)10-15(21)11-22/h4-6,9,15,22H,7-8,10-12H2,1-3H3,(H,20,23). The largest absolute Gasteiger partial charge is 0.395 e. The Morgan fingerprint density at radius 3 is 2.87 bits per heavy atom. The molecule has 1 aromatic carbocycles. The first-order valence-electron chi connectivity index (χ1n) is 8.36. The molecule has 4 heteroatoms. The summed E-state index contributed by atoms with van der Waals surface area (Å²) in [6.45, 7) is 8.60. The van der Waals surface area contributed by atoms with Crippen molar-refractivity contribution in [1.29, 1.82) is 0 Å². The molecule has 2 aromatic rings. The molecule has 2 heterocycles. The Kier molecular flexibility index (Phi) is 4.30. The van der Waals surface area contributed by atoms with Crippen LogP contribution in [0.25, 0.3) is 10.8 Å². The molecule has 0 aliphatic carbocycles. The van der Waals surface area contributed by atoms with Crippen LogP contribution in [0, 0.1) is 12.3 Å². The van der Waals surface area contributed by atoms with Gasteiger partial charge in [-0.2, -0.15) is 0 Å². The van der Waals surface area contributed by atoms with Gasteiger partial charge >= 0.3 is 0 Å². The number of H-pyrrole nitrogens is 1. The number of likely N-dealkylation sites (tertiary alicyclic amines) is 1. The Morgan fingerprint density at radius 2 is 2.13 bits per heavy atom. The minimum absolute atomic E-state index is 0.0124. The van der Waals surface area contributed by atoms with E-state index in [4.69, 9.17) is 0 Å². The highest BCUT2D eigenvalue weighted by Crippen LogP contribution is 2.33. The number of aromatic nitrogens is 1. The minimum Gasteiger partial charge on any atom is -0.395 e. The Hall–Kier alpha value is -1.65. The third-order valence-electron chi connectivity index (χ3n) is 4.98. The molecule has 1 fully saturated rings. The summed E-state index contributed by atoms with van der Waals surface area (Å²) in [5, 5.41) is 11.4. The van der Waals surface area contributed by atoms with Gasteiger partial charge < -0.3 is 10.1 Å². The van der Waals surface area contributed by atoms with Gasteiger partial charge in [0.2, 0.25) is 0 Å². The molecule has 0 amide bonds. The number of aliphatic hydroxyl groups excluding tert-OH is 1. The first-order valence-corrected chi connectivity index (χ1v) is 8.36. The third kappa shape index (κ3) is 3.33. The van der Waals surface area contributed by atoms with Gasteiger partial charge in [0.15, 0.2) is 0 Å². The molecular formula is C19H26N2O2. The summed E-state index contributed by atoms with van der Waals surface area (Å²) in [6, 6.07) is 8.16. The van der Waals surface area contributed by atoms with E-state index >= 15 is 0 Å². The van der Waals surface area contributed by atoms with E-state index in [0.717, 1.165) is 48.0 Å². The van der Waals surface area contributed by atoms with Crippen molar-refractivity contribution in [1.82, 2.24) is 9.88 Å². The van der Waals surface area contributed by atoms with Gasteiger partial charge in [-0.05, 0) is 41.8 Å². The van der Waals surface area contributed by atoms with Crippen LogP contribution in [0.15, 0.2) is 29.1 Å². The van der Waals surface area contributed by atoms with E-state index in [9.17, 15) is 9.90 Å². The molecule has 1 aromatic heterocycles. The summed E-state index contributed by atoms with van der Waals surface area (Å²) in [5.74, 6) is 0. The molecule has 124 valence electrons. The number of nitrogens with one attached hydrogen (secondary N) is 1. The molecular weight excluding hydrogens is 288 g/mol. The van der Waals surface area contributed by atoms with Crippen molar-refractivity contribution >= 4 is 10.8 Å². The normalized spacial score (nSPS) is 21.1. The summed E-state index contributed by atoms with van der Waals surface area (Å²) in [7, 11) is 0. The predicted molar refractivity (Wildman–Crippen MR) is 93.9 cm³/mol. The van der Waals surface area contributed by atoms with Crippen LogP contribution in [0.4, 0.5) is 0 Å². The van der Waals surface area contributed by atoms with Crippen LogP contribution < -0.4 is 5.56 Å². The van der Waals surface area contributed by atoms with Gasteiger partial charge in [0.25, 0.3) is 5.56 Å². The van der Waals surface area contributed by atoms with Gasteiger partial charge in [-0.15, -0.1) is 0 Å². The Labute approximate surface area is 137 Å². The lowest BCUT2D eigenvalue weighted by Gasteiger charge is -2.23. The van der Waals surface area contributed by atoms with Crippen molar-refractivity contribution in [3.63, 3.8) is 0 Å². The van der Waals surface area contributed by atoms with Crippen LogP contribution >= 0.6 is 0 Å². The lowest BCUT2D eigenvalue weighted by Crippen LogP contribution is -2.34. The minimum atomic E-state index is -0.0124. The van der Waals surface area contributed by atoms with Gasteiger partial charge in [-0.1, -0.05) is 26.0 Å². The highest BCUT2D eigenvalue weighted by atomic mass is 16.3. The molecule has 0 saturated carbocycles. The van der Waals surface area contributed by atoms with Gasteiger partial charge in [0.05, 0.1) is 6.61 Å². The Morgan fingerprint density at radius 1 is 1.35 bits per heavy atom. The van der Waals surface area contributed by atoms with Gasteiger partial charge in [-0.25, -0.2) is 0 Å². The molecule has 3 rings (SSSR count). The van der Waals surface area contributed by atoms with Crippen molar-refractivity contribution in [2.24, 2.45) is 5.41 Å². The van der Waals surface area contributed by atoms with E-state index in [1.807, 2.05) is 25.1 Å². The van der Waals surface area contributed by atoms with E-state index in [1.165, 1.54) is 0 Å². The number of nitrogens with zero attached hydrogens (tertiary/aromatic N) is 1. The van der Waals surface area contributed by atoms with E-state index in [-0.39, 0.29) is 23.6 Å². The van der Waals surface area contributed by atoms with Crippen LogP contribution in [-0.4, -0.2) is 40.7 Å². The molecule has 0 bridgehead atoms. The molecule has 1 atom stereocenters. The number of aliphatic hydroxyl groups is 1.